The van der Waals surface area contributed by atoms with Crippen LogP contribution in [0.1, 0.15) is 39.2 Å². The largest absolute Gasteiger partial charge is 0.385 e. The van der Waals surface area contributed by atoms with Gasteiger partial charge in [-0.25, -0.2) is 0 Å². The number of hydrogen-bond acceptors (Lipinski definition) is 2. The molecule has 0 amide bonds. The molecule has 1 heterocycles. The van der Waals surface area contributed by atoms with Crippen LogP contribution >= 0.6 is 15.9 Å². The molecule has 3 heteroatoms. The van der Waals surface area contributed by atoms with Gasteiger partial charge in [-0.1, -0.05) is 28.1 Å². The number of piperidine rings is 1. The Morgan fingerprint density at radius 2 is 1.61 bits per heavy atom. The van der Waals surface area contributed by atoms with Gasteiger partial charge < -0.3 is 5.11 Å². The Morgan fingerprint density at radius 3 is 2.06 bits per heavy atom. The fourth-order valence-electron chi connectivity index (χ4n) is 2.60. The standard InChI is InChI=1S/C15H22BrNO/c1-14(2,3)17-10-8-15(18,9-11-17)12-4-6-13(16)7-5-12/h4-7,18H,8-11H2,1-3H3. The van der Waals surface area contributed by atoms with Crippen molar-refractivity contribution in [1.29, 1.82) is 0 Å². The first-order chi connectivity index (χ1) is 8.31. The van der Waals surface area contributed by atoms with Crippen molar-refractivity contribution in [1.82, 2.24) is 4.90 Å². The number of likely N-dealkylation sites (tertiary alicyclic amines) is 1. The van der Waals surface area contributed by atoms with Gasteiger partial charge >= 0.3 is 0 Å². The van der Waals surface area contributed by atoms with Gasteiger partial charge in [0.15, 0.2) is 0 Å². The second-order valence-electron chi connectivity index (χ2n) is 6.20. The van der Waals surface area contributed by atoms with Crippen molar-refractivity contribution >= 4 is 15.9 Å². The lowest BCUT2D eigenvalue weighted by Crippen LogP contribution is -2.50. The Kier molecular flexibility index (Phi) is 3.86. The van der Waals surface area contributed by atoms with Gasteiger partial charge in [0, 0.05) is 23.1 Å². The van der Waals surface area contributed by atoms with E-state index in [9.17, 15) is 5.11 Å². The number of benzene rings is 1. The molecule has 0 unspecified atom stereocenters. The number of halogens is 1. The van der Waals surface area contributed by atoms with Crippen molar-refractivity contribution in [2.45, 2.75) is 44.8 Å². The molecule has 0 radical (unpaired) electrons. The first-order valence-corrected chi connectivity index (χ1v) is 7.34. The maximum absolute atomic E-state index is 10.8. The van der Waals surface area contributed by atoms with Crippen molar-refractivity contribution in [2.24, 2.45) is 0 Å². The zero-order valence-electron chi connectivity index (χ0n) is 11.4. The van der Waals surface area contributed by atoms with Crippen LogP contribution in [0.15, 0.2) is 28.7 Å². The van der Waals surface area contributed by atoms with E-state index >= 15 is 0 Å². The molecule has 1 aromatic rings. The smallest absolute Gasteiger partial charge is 0.0920 e. The Morgan fingerprint density at radius 1 is 1.11 bits per heavy atom. The first kappa shape index (κ1) is 14.0. The summed E-state index contributed by atoms with van der Waals surface area (Å²) in [6.45, 7) is 8.61. The van der Waals surface area contributed by atoms with E-state index in [1.165, 1.54) is 0 Å². The topological polar surface area (TPSA) is 23.5 Å². The highest BCUT2D eigenvalue weighted by Gasteiger charge is 2.36. The minimum absolute atomic E-state index is 0.195. The third-order valence-electron chi connectivity index (χ3n) is 3.92. The van der Waals surface area contributed by atoms with Gasteiger partial charge in [0.2, 0.25) is 0 Å². The van der Waals surface area contributed by atoms with Crippen LogP contribution in [0.25, 0.3) is 0 Å². The molecule has 1 N–H and O–H groups in total. The van der Waals surface area contributed by atoms with Gasteiger partial charge in [0.25, 0.3) is 0 Å². The van der Waals surface area contributed by atoms with Crippen molar-refractivity contribution in [2.75, 3.05) is 13.1 Å². The first-order valence-electron chi connectivity index (χ1n) is 6.55. The number of nitrogens with zero attached hydrogens (tertiary/aromatic N) is 1. The van der Waals surface area contributed by atoms with E-state index in [0.29, 0.717) is 0 Å². The van der Waals surface area contributed by atoms with Gasteiger partial charge in [-0.3, -0.25) is 4.90 Å². The molecule has 0 aliphatic carbocycles. The van der Waals surface area contributed by atoms with Crippen LogP contribution in [0.4, 0.5) is 0 Å². The molecular formula is C15H22BrNO. The SMILES string of the molecule is CC(C)(C)N1CCC(O)(c2ccc(Br)cc2)CC1. The fraction of sp³-hybridized carbons (Fsp3) is 0.600. The average molecular weight is 312 g/mol. The summed E-state index contributed by atoms with van der Waals surface area (Å²) in [6.07, 6.45) is 1.62. The van der Waals surface area contributed by atoms with E-state index in [2.05, 4.69) is 41.6 Å². The van der Waals surface area contributed by atoms with Gasteiger partial charge in [0.05, 0.1) is 5.60 Å². The number of hydrogen-bond donors (Lipinski definition) is 1. The molecule has 100 valence electrons. The van der Waals surface area contributed by atoms with Crippen molar-refractivity contribution in [3.05, 3.63) is 34.3 Å². The monoisotopic (exact) mass is 311 g/mol. The zero-order chi connectivity index (χ0) is 13.4. The quantitative estimate of drug-likeness (QED) is 0.857. The highest BCUT2D eigenvalue weighted by Crippen LogP contribution is 2.35. The van der Waals surface area contributed by atoms with Crippen LogP contribution < -0.4 is 0 Å². The minimum atomic E-state index is -0.650. The van der Waals surface area contributed by atoms with Crippen LogP contribution in [0, 0.1) is 0 Å². The fourth-order valence-corrected chi connectivity index (χ4v) is 2.86. The second-order valence-corrected chi connectivity index (χ2v) is 7.11. The molecular weight excluding hydrogens is 290 g/mol. The van der Waals surface area contributed by atoms with E-state index in [1.54, 1.807) is 0 Å². The van der Waals surface area contributed by atoms with Crippen LogP contribution in [-0.4, -0.2) is 28.6 Å². The van der Waals surface area contributed by atoms with Crippen molar-refractivity contribution in [3.8, 4) is 0 Å². The Bertz CT molecular complexity index is 399. The molecule has 2 nitrogen and oxygen atoms in total. The van der Waals surface area contributed by atoms with Crippen LogP contribution in [0.5, 0.6) is 0 Å². The molecule has 2 rings (SSSR count). The maximum atomic E-state index is 10.8. The highest BCUT2D eigenvalue weighted by molar-refractivity contribution is 9.10. The third kappa shape index (κ3) is 2.95. The highest BCUT2D eigenvalue weighted by atomic mass is 79.9. The molecule has 1 aliphatic heterocycles. The molecule has 1 fully saturated rings. The van der Waals surface area contributed by atoms with Crippen molar-refractivity contribution in [3.63, 3.8) is 0 Å². The van der Waals surface area contributed by atoms with Gasteiger partial charge in [0.1, 0.15) is 0 Å². The van der Waals surface area contributed by atoms with Crippen LogP contribution in [0.3, 0.4) is 0 Å². The Hall–Kier alpha value is -0.380. The minimum Gasteiger partial charge on any atom is -0.385 e. The second kappa shape index (κ2) is 4.95. The van der Waals surface area contributed by atoms with Crippen LogP contribution in [0.2, 0.25) is 0 Å². The maximum Gasteiger partial charge on any atom is 0.0920 e. The summed E-state index contributed by atoms with van der Waals surface area (Å²) in [5.74, 6) is 0. The third-order valence-corrected chi connectivity index (χ3v) is 4.45. The van der Waals surface area contributed by atoms with E-state index in [4.69, 9.17) is 0 Å². The van der Waals surface area contributed by atoms with Crippen LogP contribution in [-0.2, 0) is 5.60 Å². The molecule has 1 saturated heterocycles. The van der Waals surface area contributed by atoms with E-state index in [-0.39, 0.29) is 5.54 Å². The normalized spacial score (nSPS) is 20.9. The van der Waals surface area contributed by atoms with Crippen molar-refractivity contribution < 1.29 is 5.11 Å². The average Bonchev–Trinajstić information content (AvgIpc) is 2.29. The molecule has 1 aliphatic rings. The molecule has 0 aromatic heterocycles. The van der Waals surface area contributed by atoms with E-state index in [1.807, 2.05) is 24.3 Å². The van der Waals surface area contributed by atoms with Gasteiger partial charge in [-0.15, -0.1) is 0 Å². The molecule has 0 atom stereocenters. The number of rotatable bonds is 1. The summed E-state index contributed by atoms with van der Waals surface area (Å²) in [6, 6.07) is 8.06. The lowest BCUT2D eigenvalue weighted by atomic mass is 9.83. The Labute approximate surface area is 118 Å². The molecule has 0 bridgehead atoms. The predicted molar refractivity (Wildman–Crippen MR) is 78.6 cm³/mol. The Balaban J connectivity index is 2.10. The number of aliphatic hydroxyl groups is 1. The van der Waals surface area contributed by atoms with E-state index < -0.39 is 5.60 Å². The summed E-state index contributed by atoms with van der Waals surface area (Å²) in [4.78, 5) is 2.44. The molecule has 18 heavy (non-hydrogen) atoms. The lowest BCUT2D eigenvalue weighted by Gasteiger charge is -2.44. The van der Waals surface area contributed by atoms with Gasteiger partial charge in [-0.05, 0) is 51.3 Å². The summed E-state index contributed by atoms with van der Waals surface area (Å²) in [5.41, 5.74) is 0.586. The summed E-state index contributed by atoms with van der Waals surface area (Å²) >= 11 is 3.43. The summed E-state index contributed by atoms with van der Waals surface area (Å²) in [7, 11) is 0. The summed E-state index contributed by atoms with van der Waals surface area (Å²) in [5, 5.41) is 10.8. The lowest BCUT2D eigenvalue weighted by molar-refractivity contribution is -0.0461. The summed E-state index contributed by atoms with van der Waals surface area (Å²) < 4.78 is 1.06. The van der Waals surface area contributed by atoms with Gasteiger partial charge in [-0.2, -0.15) is 0 Å². The molecule has 0 spiro atoms. The molecule has 1 aromatic carbocycles. The predicted octanol–water partition coefficient (Wildman–Crippen LogP) is 3.53. The zero-order valence-corrected chi connectivity index (χ0v) is 13.0. The van der Waals surface area contributed by atoms with E-state index in [0.717, 1.165) is 36.0 Å². The molecule has 0 saturated carbocycles.